The SMILES string of the molecule is O=C(Nc1cccs1)N1CCCC(C(=O)N2CCN(c3ccc(C(F)(F)F)cn3)CC2)C1. The highest BCUT2D eigenvalue weighted by molar-refractivity contribution is 7.14. The number of anilines is 2. The van der Waals surface area contributed by atoms with Crippen LogP contribution in [0.15, 0.2) is 35.8 Å². The maximum absolute atomic E-state index is 13.0. The van der Waals surface area contributed by atoms with E-state index in [2.05, 4.69) is 10.3 Å². The average Bonchev–Trinajstić information content (AvgIpc) is 3.31. The second kappa shape index (κ2) is 9.35. The molecule has 11 heteroatoms. The third-order valence-electron chi connectivity index (χ3n) is 5.80. The molecule has 0 aromatic carbocycles. The Morgan fingerprint density at radius 3 is 2.47 bits per heavy atom. The van der Waals surface area contributed by atoms with Crippen LogP contribution in [0.2, 0.25) is 0 Å². The number of piperazine rings is 1. The molecule has 1 atom stereocenters. The van der Waals surface area contributed by atoms with Gasteiger partial charge in [0.05, 0.1) is 16.5 Å². The molecule has 2 aromatic rings. The fourth-order valence-corrected chi connectivity index (χ4v) is 4.66. The Morgan fingerprint density at radius 2 is 1.84 bits per heavy atom. The van der Waals surface area contributed by atoms with E-state index >= 15 is 0 Å². The zero-order valence-electron chi connectivity index (χ0n) is 17.3. The van der Waals surface area contributed by atoms with Crippen LogP contribution < -0.4 is 10.2 Å². The van der Waals surface area contributed by atoms with Crippen LogP contribution in [0.5, 0.6) is 0 Å². The first kappa shape index (κ1) is 22.4. The second-order valence-electron chi connectivity index (χ2n) is 7.91. The standard InChI is InChI=1S/C21H24F3N5O2S/c22-21(23,24)16-5-6-17(25-13-16)27-8-10-28(11-9-27)19(30)15-3-1-7-29(14-15)20(31)26-18-4-2-12-32-18/h2,4-6,12-13,15H,1,3,7-11,14H2,(H,26,31). The van der Waals surface area contributed by atoms with Crippen LogP contribution in [0.4, 0.5) is 28.8 Å². The number of nitrogens with one attached hydrogen (secondary N) is 1. The van der Waals surface area contributed by atoms with Gasteiger partial charge in [0.2, 0.25) is 5.91 Å². The molecule has 7 nitrogen and oxygen atoms in total. The van der Waals surface area contributed by atoms with E-state index in [-0.39, 0.29) is 17.9 Å². The normalized spacial score (nSPS) is 19.7. The molecule has 0 bridgehead atoms. The summed E-state index contributed by atoms with van der Waals surface area (Å²) in [5.41, 5.74) is -0.778. The molecule has 0 spiro atoms. The largest absolute Gasteiger partial charge is 0.417 e. The minimum atomic E-state index is -4.41. The Hall–Kier alpha value is -2.82. The van der Waals surface area contributed by atoms with E-state index in [0.29, 0.717) is 45.1 Å². The molecule has 0 saturated carbocycles. The van der Waals surface area contributed by atoms with Gasteiger partial charge in [-0.25, -0.2) is 9.78 Å². The number of rotatable bonds is 3. The van der Waals surface area contributed by atoms with Crippen LogP contribution in [-0.2, 0) is 11.0 Å². The minimum Gasteiger partial charge on any atom is -0.353 e. The summed E-state index contributed by atoms with van der Waals surface area (Å²) in [7, 11) is 0. The lowest BCUT2D eigenvalue weighted by molar-refractivity contribution is -0.138. The predicted molar refractivity (Wildman–Crippen MR) is 116 cm³/mol. The highest BCUT2D eigenvalue weighted by atomic mass is 32.1. The summed E-state index contributed by atoms with van der Waals surface area (Å²) in [5, 5.41) is 5.53. The molecule has 2 aromatic heterocycles. The molecule has 172 valence electrons. The van der Waals surface area contributed by atoms with Gasteiger partial charge in [0, 0.05) is 45.5 Å². The zero-order chi connectivity index (χ0) is 22.7. The summed E-state index contributed by atoms with van der Waals surface area (Å²) in [5.74, 6) is 0.256. The average molecular weight is 468 g/mol. The molecule has 2 saturated heterocycles. The maximum Gasteiger partial charge on any atom is 0.417 e. The van der Waals surface area contributed by atoms with E-state index in [1.807, 2.05) is 22.4 Å². The highest BCUT2D eigenvalue weighted by Crippen LogP contribution is 2.29. The van der Waals surface area contributed by atoms with Crippen LogP contribution in [0, 0.1) is 5.92 Å². The fourth-order valence-electron chi connectivity index (χ4n) is 4.05. The molecule has 2 aliphatic rings. The number of piperidine rings is 1. The molecule has 4 heterocycles. The monoisotopic (exact) mass is 467 g/mol. The molecule has 1 N–H and O–H groups in total. The van der Waals surface area contributed by atoms with E-state index in [9.17, 15) is 22.8 Å². The molecule has 2 aliphatic heterocycles. The molecule has 3 amide bonds. The van der Waals surface area contributed by atoms with Gasteiger partial charge in [-0.05, 0) is 42.5 Å². The van der Waals surface area contributed by atoms with Gasteiger partial charge in [0.1, 0.15) is 5.82 Å². The van der Waals surface area contributed by atoms with Crippen molar-refractivity contribution in [1.82, 2.24) is 14.8 Å². The van der Waals surface area contributed by atoms with E-state index in [1.165, 1.54) is 17.4 Å². The molecular weight excluding hydrogens is 443 g/mol. The topological polar surface area (TPSA) is 68.8 Å². The fraction of sp³-hybridized carbons (Fsp3) is 0.476. The molecule has 4 rings (SSSR count). The van der Waals surface area contributed by atoms with Crippen molar-refractivity contribution in [2.45, 2.75) is 19.0 Å². The minimum absolute atomic E-state index is 0.0265. The highest BCUT2D eigenvalue weighted by Gasteiger charge is 2.34. The van der Waals surface area contributed by atoms with Crippen LogP contribution in [0.1, 0.15) is 18.4 Å². The van der Waals surface area contributed by atoms with E-state index < -0.39 is 11.7 Å². The van der Waals surface area contributed by atoms with Gasteiger partial charge in [-0.3, -0.25) is 10.1 Å². The number of thiophene rings is 1. The third kappa shape index (κ3) is 5.14. The van der Waals surface area contributed by atoms with E-state index in [0.717, 1.165) is 30.1 Å². The number of hydrogen-bond acceptors (Lipinski definition) is 5. The molecule has 2 fully saturated rings. The maximum atomic E-state index is 13.0. The van der Waals surface area contributed by atoms with Crippen LogP contribution in [0.25, 0.3) is 0 Å². The lowest BCUT2D eigenvalue weighted by Gasteiger charge is -2.39. The van der Waals surface area contributed by atoms with Gasteiger partial charge in [-0.15, -0.1) is 11.3 Å². The summed E-state index contributed by atoms with van der Waals surface area (Å²) in [6.07, 6.45) is -2.07. The number of alkyl halides is 3. The van der Waals surface area contributed by atoms with Crippen molar-refractivity contribution in [2.24, 2.45) is 5.92 Å². The van der Waals surface area contributed by atoms with Crippen molar-refractivity contribution in [3.63, 3.8) is 0 Å². The van der Waals surface area contributed by atoms with Crippen molar-refractivity contribution >= 4 is 34.1 Å². The van der Waals surface area contributed by atoms with Gasteiger partial charge in [0.15, 0.2) is 0 Å². The predicted octanol–water partition coefficient (Wildman–Crippen LogP) is 3.75. The quantitative estimate of drug-likeness (QED) is 0.747. The number of amides is 3. The first-order valence-corrected chi connectivity index (χ1v) is 11.4. The lowest BCUT2D eigenvalue weighted by Crippen LogP contribution is -2.53. The van der Waals surface area contributed by atoms with Gasteiger partial charge >= 0.3 is 12.2 Å². The Labute approximate surface area is 187 Å². The van der Waals surface area contributed by atoms with Gasteiger partial charge in [-0.1, -0.05) is 0 Å². The Bertz CT molecular complexity index is 928. The van der Waals surface area contributed by atoms with Crippen molar-refractivity contribution in [3.05, 3.63) is 41.4 Å². The zero-order valence-corrected chi connectivity index (χ0v) is 18.2. The van der Waals surface area contributed by atoms with Crippen LogP contribution >= 0.6 is 11.3 Å². The first-order valence-electron chi connectivity index (χ1n) is 10.5. The number of carbonyl (C=O) groups excluding carboxylic acids is 2. The van der Waals surface area contributed by atoms with E-state index in [1.54, 1.807) is 9.80 Å². The van der Waals surface area contributed by atoms with Crippen molar-refractivity contribution in [1.29, 1.82) is 0 Å². The third-order valence-corrected chi connectivity index (χ3v) is 6.58. The number of halogens is 3. The summed E-state index contributed by atoms with van der Waals surface area (Å²) in [6.45, 7) is 2.95. The number of hydrogen-bond donors (Lipinski definition) is 1. The number of carbonyl (C=O) groups is 2. The Balaban J connectivity index is 1.29. The van der Waals surface area contributed by atoms with Crippen LogP contribution in [0.3, 0.4) is 0 Å². The second-order valence-corrected chi connectivity index (χ2v) is 8.86. The van der Waals surface area contributed by atoms with Crippen LogP contribution in [-0.4, -0.2) is 66.0 Å². The molecular formula is C21H24F3N5O2S. The lowest BCUT2D eigenvalue weighted by atomic mass is 9.96. The van der Waals surface area contributed by atoms with E-state index in [4.69, 9.17) is 0 Å². The van der Waals surface area contributed by atoms with Crippen molar-refractivity contribution in [3.8, 4) is 0 Å². The molecule has 32 heavy (non-hydrogen) atoms. The Morgan fingerprint density at radius 1 is 1.06 bits per heavy atom. The first-order chi connectivity index (χ1) is 15.3. The molecule has 0 radical (unpaired) electrons. The number of likely N-dealkylation sites (tertiary alicyclic amines) is 1. The summed E-state index contributed by atoms with van der Waals surface area (Å²) in [4.78, 5) is 34.8. The molecule has 0 aliphatic carbocycles. The molecule has 1 unspecified atom stereocenters. The van der Waals surface area contributed by atoms with Gasteiger partial charge in [-0.2, -0.15) is 13.2 Å². The van der Waals surface area contributed by atoms with Gasteiger partial charge < -0.3 is 14.7 Å². The summed E-state index contributed by atoms with van der Waals surface area (Å²) >= 11 is 1.45. The Kier molecular flexibility index (Phi) is 6.54. The summed E-state index contributed by atoms with van der Waals surface area (Å²) in [6, 6.07) is 5.90. The van der Waals surface area contributed by atoms with Crippen molar-refractivity contribution in [2.75, 3.05) is 49.5 Å². The number of nitrogens with zero attached hydrogens (tertiary/aromatic N) is 4. The smallest absolute Gasteiger partial charge is 0.353 e. The van der Waals surface area contributed by atoms with Crippen molar-refractivity contribution < 1.29 is 22.8 Å². The van der Waals surface area contributed by atoms with Gasteiger partial charge in [0.25, 0.3) is 0 Å². The number of urea groups is 1. The summed E-state index contributed by atoms with van der Waals surface area (Å²) < 4.78 is 38.2. The number of pyridine rings is 1. The number of aromatic nitrogens is 1.